The molecule has 0 saturated heterocycles. The van der Waals surface area contributed by atoms with Crippen LogP contribution in [-0.2, 0) is 19.4 Å². The molecule has 180 valence electrons. The summed E-state index contributed by atoms with van der Waals surface area (Å²) in [6, 6.07) is 13.5. The number of rotatable bonds is 6. The van der Waals surface area contributed by atoms with Crippen LogP contribution in [0, 0.1) is 17.1 Å². The van der Waals surface area contributed by atoms with E-state index in [1.807, 2.05) is 32.9 Å². The molecule has 2 aromatic carbocycles. The van der Waals surface area contributed by atoms with Crippen molar-refractivity contribution in [2.75, 3.05) is 0 Å². The molecule has 2 N–H and O–H groups in total. The molecule has 1 aromatic heterocycles. The Balaban J connectivity index is 0.00000167. The fraction of sp³-hybridized carbons (Fsp3) is 0.296. The molecule has 8 heteroatoms. The molecule has 1 heterocycles. The lowest BCUT2D eigenvalue weighted by atomic mass is 10.1. The smallest absolute Gasteiger partial charge is 0.270 e. The molecule has 0 spiro atoms. The number of nitriles is 1. The number of hydrogen-bond acceptors (Lipinski definition) is 5. The molecule has 3 aromatic rings. The molecule has 0 aliphatic heterocycles. The number of carbonyl (C=O) groups is 2. The summed E-state index contributed by atoms with van der Waals surface area (Å²) in [4.78, 5) is 33.3. The van der Waals surface area contributed by atoms with E-state index in [2.05, 4.69) is 26.7 Å². The summed E-state index contributed by atoms with van der Waals surface area (Å²) in [7, 11) is 0. The SMILES string of the molecule is CC.CCc1cc(CNC(=O)c2cc(C(=O)NC3CCc4cc(C#N)ccc43)ncn2)ccc1F. The quantitative estimate of drug-likeness (QED) is 0.551. The van der Waals surface area contributed by atoms with Crippen LogP contribution in [0.25, 0.3) is 0 Å². The molecule has 1 aliphatic rings. The maximum absolute atomic E-state index is 13.7. The molecule has 35 heavy (non-hydrogen) atoms. The van der Waals surface area contributed by atoms with Gasteiger partial charge in [-0.15, -0.1) is 0 Å². The first-order valence-electron chi connectivity index (χ1n) is 11.7. The van der Waals surface area contributed by atoms with E-state index >= 15 is 0 Å². The van der Waals surface area contributed by atoms with Gasteiger partial charge in [-0.3, -0.25) is 9.59 Å². The van der Waals surface area contributed by atoms with Gasteiger partial charge in [0.15, 0.2) is 0 Å². The van der Waals surface area contributed by atoms with Gasteiger partial charge in [0.05, 0.1) is 17.7 Å². The van der Waals surface area contributed by atoms with Gasteiger partial charge in [-0.2, -0.15) is 5.26 Å². The van der Waals surface area contributed by atoms with Crippen LogP contribution in [0.2, 0.25) is 0 Å². The summed E-state index contributed by atoms with van der Waals surface area (Å²) in [5.41, 5.74) is 4.15. The number of benzene rings is 2. The van der Waals surface area contributed by atoms with Crippen LogP contribution < -0.4 is 10.6 Å². The average Bonchev–Trinajstić information content (AvgIpc) is 3.30. The summed E-state index contributed by atoms with van der Waals surface area (Å²) in [5.74, 6) is -1.13. The zero-order valence-electron chi connectivity index (χ0n) is 20.1. The number of nitrogens with one attached hydrogen (secondary N) is 2. The van der Waals surface area contributed by atoms with Gasteiger partial charge >= 0.3 is 0 Å². The normalized spacial score (nSPS) is 13.6. The number of nitrogens with zero attached hydrogens (tertiary/aromatic N) is 3. The fourth-order valence-corrected chi connectivity index (χ4v) is 3.96. The van der Waals surface area contributed by atoms with Crippen LogP contribution in [0.15, 0.2) is 48.8 Å². The topological polar surface area (TPSA) is 108 Å². The first-order valence-corrected chi connectivity index (χ1v) is 11.7. The number of carbonyl (C=O) groups excluding carboxylic acids is 2. The summed E-state index contributed by atoms with van der Waals surface area (Å²) in [5, 5.41) is 14.7. The molecule has 2 amide bonds. The van der Waals surface area contributed by atoms with E-state index in [0.717, 1.165) is 29.5 Å². The van der Waals surface area contributed by atoms with Crippen LogP contribution in [0.5, 0.6) is 0 Å². The van der Waals surface area contributed by atoms with E-state index in [-0.39, 0.29) is 29.8 Å². The van der Waals surface area contributed by atoms with Crippen LogP contribution in [0.1, 0.15) is 82.0 Å². The second-order valence-electron chi connectivity index (χ2n) is 7.84. The maximum Gasteiger partial charge on any atom is 0.270 e. The van der Waals surface area contributed by atoms with Gasteiger partial charge in [0.1, 0.15) is 23.5 Å². The maximum atomic E-state index is 13.7. The van der Waals surface area contributed by atoms with E-state index in [1.165, 1.54) is 18.5 Å². The molecule has 1 unspecified atom stereocenters. The number of halogens is 1. The molecular weight excluding hydrogens is 445 g/mol. The standard InChI is InChI=1S/C25H22FN5O2.C2H6/c1-2-17-10-16(4-7-20(17)26)13-28-24(32)22-11-23(30-14-29-22)25(33)31-21-8-5-18-9-15(12-27)3-6-19(18)21;1-2/h3-4,6-7,9-11,14,21H,2,5,8,13H2,1H3,(H,28,32)(H,31,33);1-2H3. The van der Waals surface area contributed by atoms with E-state index in [4.69, 9.17) is 5.26 Å². The lowest BCUT2D eigenvalue weighted by Crippen LogP contribution is -2.29. The van der Waals surface area contributed by atoms with Crippen molar-refractivity contribution in [1.82, 2.24) is 20.6 Å². The minimum atomic E-state index is -0.455. The molecule has 0 radical (unpaired) electrons. The number of aromatic nitrogens is 2. The Kier molecular flexibility index (Phi) is 8.63. The fourth-order valence-electron chi connectivity index (χ4n) is 3.96. The summed E-state index contributed by atoms with van der Waals surface area (Å²) in [6.45, 7) is 6.07. The zero-order valence-corrected chi connectivity index (χ0v) is 20.1. The van der Waals surface area contributed by atoms with Crippen molar-refractivity contribution in [3.8, 4) is 6.07 Å². The van der Waals surface area contributed by atoms with Crippen molar-refractivity contribution in [1.29, 1.82) is 5.26 Å². The van der Waals surface area contributed by atoms with Crippen LogP contribution in [0.4, 0.5) is 4.39 Å². The van der Waals surface area contributed by atoms with Crippen molar-refractivity contribution in [3.05, 3.63) is 93.8 Å². The lowest BCUT2D eigenvalue weighted by Gasteiger charge is -2.14. The Morgan fingerprint density at radius 3 is 2.54 bits per heavy atom. The Bertz CT molecular complexity index is 1270. The Hall–Kier alpha value is -4.12. The van der Waals surface area contributed by atoms with E-state index in [1.54, 1.807) is 18.2 Å². The summed E-state index contributed by atoms with van der Waals surface area (Å²) in [6.07, 6.45) is 3.24. The first-order chi connectivity index (χ1) is 17.0. The third kappa shape index (κ3) is 6.07. The number of amides is 2. The van der Waals surface area contributed by atoms with Gasteiger partial charge in [0.2, 0.25) is 0 Å². The van der Waals surface area contributed by atoms with Crippen molar-refractivity contribution < 1.29 is 14.0 Å². The second kappa shape index (κ2) is 11.8. The first kappa shape index (κ1) is 25.5. The van der Waals surface area contributed by atoms with E-state index in [9.17, 15) is 14.0 Å². The third-order valence-electron chi connectivity index (χ3n) is 5.73. The minimum absolute atomic E-state index is 0.0680. The highest BCUT2D eigenvalue weighted by Crippen LogP contribution is 2.31. The van der Waals surface area contributed by atoms with Gasteiger partial charge < -0.3 is 10.6 Å². The molecule has 1 aliphatic carbocycles. The summed E-state index contributed by atoms with van der Waals surface area (Å²) < 4.78 is 13.7. The molecule has 0 saturated carbocycles. The van der Waals surface area contributed by atoms with Gasteiger partial charge in [-0.1, -0.05) is 39.0 Å². The van der Waals surface area contributed by atoms with E-state index in [0.29, 0.717) is 17.5 Å². The molecule has 0 fully saturated rings. The number of hydrogen-bond donors (Lipinski definition) is 2. The minimum Gasteiger partial charge on any atom is -0.347 e. The van der Waals surface area contributed by atoms with Gasteiger partial charge in [0.25, 0.3) is 11.8 Å². The van der Waals surface area contributed by atoms with E-state index < -0.39 is 11.8 Å². The predicted octanol–water partition coefficient (Wildman–Crippen LogP) is 4.42. The highest BCUT2D eigenvalue weighted by molar-refractivity contribution is 5.97. The number of fused-ring (bicyclic) bond motifs is 1. The van der Waals surface area contributed by atoms with Gasteiger partial charge in [0, 0.05) is 12.6 Å². The average molecular weight is 474 g/mol. The van der Waals surface area contributed by atoms with Crippen LogP contribution in [-0.4, -0.2) is 21.8 Å². The Labute approximate surface area is 204 Å². The summed E-state index contributed by atoms with van der Waals surface area (Å²) >= 11 is 0. The van der Waals surface area contributed by atoms with Crippen molar-refractivity contribution in [3.63, 3.8) is 0 Å². The van der Waals surface area contributed by atoms with Crippen LogP contribution >= 0.6 is 0 Å². The number of aryl methyl sites for hydroxylation is 2. The molecule has 4 rings (SSSR count). The van der Waals surface area contributed by atoms with Crippen molar-refractivity contribution in [2.24, 2.45) is 0 Å². The van der Waals surface area contributed by atoms with Crippen molar-refractivity contribution >= 4 is 11.8 Å². The van der Waals surface area contributed by atoms with Gasteiger partial charge in [-0.05, 0) is 59.7 Å². The Morgan fingerprint density at radius 1 is 1.09 bits per heavy atom. The monoisotopic (exact) mass is 473 g/mol. The largest absolute Gasteiger partial charge is 0.347 e. The second-order valence-corrected chi connectivity index (χ2v) is 7.84. The highest BCUT2D eigenvalue weighted by atomic mass is 19.1. The third-order valence-corrected chi connectivity index (χ3v) is 5.73. The lowest BCUT2D eigenvalue weighted by molar-refractivity contribution is 0.0931. The molecule has 7 nitrogen and oxygen atoms in total. The highest BCUT2D eigenvalue weighted by Gasteiger charge is 2.25. The molecule has 0 bridgehead atoms. The predicted molar refractivity (Wildman–Crippen MR) is 130 cm³/mol. The van der Waals surface area contributed by atoms with Gasteiger partial charge in [-0.25, -0.2) is 14.4 Å². The van der Waals surface area contributed by atoms with Crippen molar-refractivity contribution in [2.45, 2.75) is 52.6 Å². The Morgan fingerprint density at radius 2 is 1.83 bits per heavy atom. The zero-order chi connectivity index (χ0) is 25.4. The molecule has 1 atom stereocenters. The molecular formula is C27H28FN5O2. The van der Waals surface area contributed by atoms with Crippen LogP contribution in [0.3, 0.4) is 0 Å².